The number of rotatable bonds is 7. The minimum atomic E-state index is -0.726. The third-order valence-corrected chi connectivity index (χ3v) is 4.40. The van der Waals surface area contributed by atoms with Crippen molar-refractivity contribution in [3.63, 3.8) is 0 Å². The van der Waals surface area contributed by atoms with Gasteiger partial charge in [-0.1, -0.05) is 66.7 Å². The van der Waals surface area contributed by atoms with Gasteiger partial charge in [-0.25, -0.2) is 8.78 Å². The maximum absolute atomic E-state index is 14.2. The molecule has 0 saturated heterocycles. The summed E-state index contributed by atoms with van der Waals surface area (Å²) >= 11 is 0. The van der Waals surface area contributed by atoms with E-state index in [1.54, 1.807) is 0 Å². The molecule has 0 saturated carbocycles. The summed E-state index contributed by atoms with van der Waals surface area (Å²) in [5.74, 6) is -1.05. The highest BCUT2D eigenvalue weighted by molar-refractivity contribution is 5.62. The normalized spacial score (nSPS) is 10.6. The van der Waals surface area contributed by atoms with Crippen molar-refractivity contribution in [1.82, 2.24) is 10.2 Å². The van der Waals surface area contributed by atoms with E-state index < -0.39 is 11.6 Å². The van der Waals surface area contributed by atoms with Crippen LogP contribution in [0.1, 0.15) is 11.1 Å². The van der Waals surface area contributed by atoms with Gasteiger partial charge in [0.05, 0.1) is 5.56 Å². The molecule has 0 fully saturated rings. The van der Waals surface area contributed by atoms with Crippen molar-refractivity contribution < 1.29 is 18.3 Å². The van der Waals surface area contributed by atoms with Crippen molar-refractivity contribution in [3.8, 4) is 22.9 Å². The molecule has 0 N–H and O–H groups in total. The number of hydrogen-bond acceptors (Lipinski definition) is 4. The molecule has 0 radical (unpaired) electrons. The second-order valence-corrected chi connectivity index (χ2v) is 6.54. The molecule has 4 nitrogen and oxygen atoms in total. The van der Waals surface area contributed by atoms with Gasteiger partial charge in [-0.05, 0) is 23.3 Å². The summed E-state index contributed by atoms with van der Waals surface area (Å²) in [6, 6.07) is 24.2. The third kappa shape index (κ3) is 4.60. The molecule has 150 valence electrons. The van der Waals surface area contributed by atoms with E-state index in [-0.39, 0.29) is 36.1 Å². The molecule has 6 heteroatoms. The van der Waals surface area contributed by atoms with E-state index in [4.69, 9.17) is 9.47 Å². The SMILES string of the molecule is Fc1cccc(F)c1-c1cc(OCc2ccccc2)c(OCc2ccccc2)nn1. The number of aromatic nitrogens is 2. The fourth-order valence-electron chi connectivity index (χ4n) is 2.89. The number of halogens is 2. The van der Waals surface area contributed by atoms with Gasteiger partial charge in [0.2, 0.25) is 0 Å². The Hall–Kier alpha value is -3.80. The summed E-state index contributed by atoms with van der Waals surface area (Å²) in [6.07, 6.45) is 0. The van der Waals surface area contributed by atoms with Crippen LogP contribution in [0.3, 0.4) is 0 Å². The van der Waals surface area contributed by atoms with Crippen LogP contribution in [0.4, 0.5) is 8.78 Å². The van der Waals surface area contributed by atoms with E-state index >= 15 is 0 Å². The molecule has 0 bridgehead atoms. The fraction of sp³-hybridized carbons (Fsp3) is 0.0833. The quantitative estimate of drug-likeness (QED) is 0.403. The van der Waals surface area contributed by atoms with Gasteiger partial charge in [0.15, 0.2) is 5.75 Å². The summed E-state index contributed by atoms with van der Waals surface area (Å²) in [6.45, 7) is 0.498. The molecule has 0 amide bonds. The van der Waals surface area contributed by atoms with Gasteiger partial charge in [0.1, 0.15) is 30.5 Å². The highest BCUT2D eigenvalue weighted by Gasteiger charge is 2.17. The Kier molecular flexibility index (Phi) is 5.94. The predicted molar refractivity (Wildman–Crippen MR) is 109 cm³/mol. The molecule has 0 aliphatic rings. The summed E-state index contributed by atoms with van der Waals surface area (Å²) in [5.41, 5.74) is 1.64. The van der Waals surface area contributed by atoms with E-state index in [1.807, 2.05) is 60.7 Å². The van der Waals surface area contributed by atoms with E-state index in [0.29, 0.717) is 0 Å². The predicted octanol–water partition coefficient (Wildman–Crippen LogP) is 5.58. The van der Waals surface area contributed by atoms with Crippen LogP contribution in [0.5, 0.6) is 11.6 Å². The van der Waals surface area contributed by atoms with E-state index in [0.717, 1.165) is 11.1 Å². The van der Waals surface area contributed by atoms with Crippen LogP contribution in [0.25, 0.3) is 11.3 Å². The Labute approximate surface area is 172 Å². The summed E-state index contributed by atoms with van der Waals surface area (Å²) < 4.78 is 40.1. The molecule has 3 aromatic carbocycles. The monoisotopic (exact) mass is 404 g/mol. The van der Waals surface area contributed by atoms with Gasteiger partial charge in [-0.2, -0.15) is 0 Å². The van der Waals surface area contributed by atoms with Gasteiger partial charge in [-0.3, -0.25) is 0 Å². The van der Waals surface area contributed by atoms with Crippen molar-refractivity contribution in [2.75, 3.05) is 0 Å². The second-order valence-electron chi connectivity index (χ2n) is 6.54. The minimum Gasteiger partial charge on any atom is -0.483 e. The van der Waals surface area contributed by atoms with E-state index in [2.05, 4.69) is 10.2 Å². The maximum atomic E-state index is 14.2. The van der Waals surface area contributed by atoms with Crippen LogP contribution in [-0.2, 0) is 13.2 Å². The third-order valence-electron chi connectivity index (χ3n) is 4.40. The molecule has 0 aliphatic heterocycles. The molecule has 30 heavy (non-hydrogen) atoms. The van der Waals surface area contributed by atoms with Crippen LogP contribution in [0, 0.1) is 11.6 Å². The summed E-state index contributed by atoms with van der Waals surface area (Å²) in [4.78, 5) is 0. The zero-order valence-electron chi connectivity index (χ0n) is 16.0. The lowest BCUT2D eigenvalue weighted by Gasteiger charge is -2.13. The highest BCUT2D eigenvalue weighted by atomic mass is 19.1. The molecular formula is C24H18F2N2O2. The molecule has 0 atom stereocenters. The fourth-order valence-corrected chi connectivity index (χ4v) is 2.89. The van der Waals surface area contributed by atoms with Gasteiger partial charge in [0.25, 0.3) is 5.88 Å². The molecule has 0 aliphatic carbocycles. The first-order valence-corrected chi connectivity index (χ1v) is 9.36. The largest absolute Gasteiger partial charge is 0.483 e. The number of nitrogens with zero attached hydrogens (tertiary/aromatic N) is 2. The van der Waals surface area contributed by atoms with Crippen LogP contribution in [-0.4, -0.2) is 10.2 Å². The van der Waals surface area contributed by atoms with Gasteiger partial charge < -0.3 is 9.47 Å². The van der Waals surface area contributed by atoms with E-state index in [1.165, 1.54) is 24.3 Å². The Balaban J connectivity index is 1.64. The lowest BCUT2D eigenvalue weighted by molar-refractivity contribution is 0.244. The maximum Gasteiger partial charge on any atom is 0.276 e. The zero-order valence-corrected chi connectivity index (χ0v) is 16.0. The van der Waals surface area contributed by atoms with E-state index in [9.17, 15) is 8.78 Å². The lowest BCUT2D eigenvalue weighted by Crippen LogP contribution is -2.05. The number of benzene rings is 3. The smallest absolute Gasteiger partial charge is 0.276 e. The Morgan fingerprint density at radius 3 is 1.80 bits per heavy atom. The van der Waals surface area contributed by atoms with Gasteiger partial charge in [-0.15, -0.1) is 10.2 Å². The number of ether oxygens (including phenoxy) is 2. The molecule has 4 aromatic rings. The topological polar surface area (TPSA) is 44.2 Å². The van der Waals surface area contributed by atoms with Crippen LogP contribution in [0.2, 0.25) is 0 Å². The zero-order chi connectivity index (χ0) is 20.8. The van der Waals surface area contributed by atoms with Crippen molar-refractivity contribution in [2.45, 2.75) is 13.2 Å². The molecule has 0 unspecified atom stereocenters. The average molecular weight is 404 g/mol. The summed E-state index contributed by atoms with van der Waals surface area (Å²) in [5, 5.41) is 8.00. The molecular weight excluding hydrogens is 386 g/mol. The summed E-state index contributed by atoms with van der Waals surface area (Å²) in [7, 11) is 0. The minimum absolute atomic E-state index is 0.0284. The highest BCUT2D eigenvalue weighted by Crippen LogP contribution is 2.32. The van der Waals surface area contributed by atoms with Crippen LogP contribution in [0.15, 0.2) is 84.9 Å². The molecule has 0 spiro atoms. The van der Waals surface area contributed by atoms with Crippen molar-refractivity contribution in [2.24, 2.45) is 0 Å². The second kappa shape index (κ2) is 9.13. The first-order valence-electron chi connectivity index (χ1n) is 9.36. The number of hydrogen-bond donors (Lipinski definition) is 0. The Bertz CT molecular complexity index is 1100. The molecule has 4 rings (SSSR count). The molecule has 1 heterocycles. The lowest BCUT2D eigenvalue weighted by atomic mass is 10.1. The van der Waals surface area contributed by atoms with Crippen molar-refractivity contribution in [1.29, 1.82) is 0 Å². The van der Waals surface area contributed by atoms with Crippen LogP contribution >= 0.6 is 0 Å². The first kappa shape index (κ1) is 19.5. The Morgan fingerprint density at radius 2 is 1.20 bits per heavy atom. The average Bonchev–Trinajstić information content (AvgIpc) is 2.78. The van der Waals surface area contributed by atoms with Crippen molar-refractivity contribution in [3.05, 3.63) is 108 Å². The van der Waals surface area contributed by atoms with Crippen molar-refractivity contribution >= 4 is 0 Å². The molecule has 1 aromatic heterocycles. The first-order chi connectivity index (χ1) is 14.7. The van der Waals surface area contributed by atoms with Crippen LogP contribution < -0.4 is 9.47 Å². The Morgan fingerprint density at radius 1 is 0.633 bits per heavy atom. The standard InChI is InChI=1S/C24H18F2N2O2/c25-19-12-7-13-20(26)23(19)21-14-22(29-15-17-8-3-1-4-9-17)24(28-27-21)30-16-18-10-5-2-6-11-18/h1-14H,15-16H2. The van der Waals surface area contributed by atoms with Gasteiger partial charge in [0, 0.05) is 6.07 Å². The van der Waals surface area contributed by atoms with Gasteiger partial charge >= 0.3 is 0 Å².